The van der Waals surface area contributed by atoms with Gasteiger partial charge in [-0.3, -0.25) is 4.79 Å². The van der Waals surface area contributed by atoms with Crippen LogP contribution in [0.2, 0.25) is 0 Å². The van der Waals surface area contributed by atoms with E-state index < -0.39 is 0 Å². The maximum Gasteiger partial charge on any atom is 0.246 e. The summed E-state index contributed by atoms with van der Waals surface area (Å²) >= 11 is 0. The highest BCUT2D eigenvalue weighted by Crippen LogP contribution is 2.27. The van der Waals surface area contributed by atoms with Gasteiger partial charge in [-0.05, 0) is 5.92 Å². The van der Waals surface area contributed by atoms with E-state index in [1.807, 2.05) is 11.1 Å². The highest BCUT2D eigenvalue weighted by molar-refractivity contribution is 5.83. The standard InChI is InChI=1S/C17H22N6O/c1-10(2)5-14-19-6-11-7-23(8-13(11)22-14)17(24)16-15-12(3-4-18-16)20-9-21-15/h6,9-10,16,18H,3-5,7-8H2,1-2H3,(H,20,21)/t16-/m1/s1. The molecule has 0 aromatic carbocycles. The average Bonchev–Trinajstić information content (AvgIpc) is 3.19. The van der Waals surface area contributed by atoms with Crippen molar-refractivity contribution in [1.29, 1.82) is 0 Å². The number of carbonyl (C=O) groups is 1. The van der Waals surface area contributed by atoms with Crippen LogP contribution in [-0.2, 0) is 30.7 Å². The Morgan fingerprint density at radius 2 is 2.25 bits per heavy atom. The second-order valence-corrected chi connectivity index (χ2v) is 6.95. The number of rotatable bonds is 3. The lowest BCUT2D eigenvalue weighted by Crippen LogP contribution is -2.42. The van der Waals surface area contributed by atoms with E-state index >= 15 is 0 Å². The summed E-state index contributed by atoms with van der Waals surface area (Å²) in [6.45, 7) is 6.23. The SMILES string of the molecule is CC(C)Cc1ncc2c(n1)CN(C(=O)[C@@H]1NCCc3[nH]cnc31)C2. The van der Waals surface area contributed by atoms with Gasteiger partial charge in [0.15, 0.2) is 0 Å². The third-order valence-electron chi connectivity index (χ3n) is 4.60. The van der Waals surface area contributed by atoms with Crippen molar-refractivity contribution in [3.05, 3.63) is 41.0 Å². The minimum atomic E-state index is -0.364. The quantitative estimate of drug-likeness (QED) is 0.883. The second-order valence-electron chi connectivity index (χ2n) is 6.95. The fourth-order valence-corrected chi connectivity index (χ4v) is 3.42. The Hall–Kier alpha value is -2.28. The van der Waals surface area contributed by atoms with Gasteiger partial charge in [-0.15, -0.1) is 0 Å². The molecule has 2 aromatic heterocycles. The van der Waals surface area contributed by atoms with E-state index in [0.29, 0.717) is 19.0 Å². The smallest absolute Gasteiger partial charge is 0.246 e. The molecule has 24 heavy (non-hydrogen) atoms. The van der Waals surface area contributed by atoms with Gasteiger partial charge in [-0.2, -0.15) is 0 Å². The highest BCUT2D eigenvalue weighted by atomic mass is 16.2. The molecular formula is C17H22N6O. The number of amides is 1. The maximum atomic E-state index is 13.0. The van der Waals surface area contributed by atoms with Crippen LogP contribution < -0.4 is 5.32 Å². The number of fused-ring (bicyclic) bond motifs is 2. The molecule has 4 rings (SSSR count). The molecular weight excluding hydrogens is 304 g/mol. The molecule has 4 heterocycles. The van der Waals surface area contributed by atoms with Gasteiger partial charge in [0.2, 0.25) is 5.91 Å². The molecule has 0 radical (unpaired) electrons. The molecule has 0 spiro atoms. The Morgan fingerprint density at radius 3 is 3.08 bits per heavy atom. The van der Waals surface area contributed by atoms with Crippen molar-refractivity contribution < 1.29 is 4.79 Å². The zero-order chi connectivity index (χ0) is 16.7. The molecule has 0 saturated heterocycles. The number of aromatic amines is 1. The van der Waals surface area contributed by atoms with Crippen LogP contribution in [0.15, 0.2) is 12.5 Å². The average molecular weight is 326 g/mol. The van der Waals surface area contributed by atoms with Gasteiger partial charge in [-0.25, -0.2) is 15.0 Å². The van der Waals surface area contributed by atoms with Gasteiger partial charge in [-0.1, -0.05) is 13.8 Å². The summed E-state index contributed by atoms with van der Waals surface area (Å²) in [5.41, 5.74) is 3.91. The van der Waals surface area contributed by atoms with E-state index in [1.54, 1.807) is 6.33 Å². The number of imidazole rings is 1. The maximum absolute atomic E-state index is 13.0. The summed E-state index contributed by atoms with van der Waals surface area (Å²) < 4.78 is 0. The lowest BCUT2D eigenvalue weighted by atomic mass is 10.0. The van der Waals surface area contributed by atoms with Crippen LogP contribution in [-0.4, -0.2) is 37.3 Å². The molecule has 1 amide bonds. The van der Waals surface area contributed by atoms with Crippen LogP contribution >= 0.6 is 0 Å². The van der Waals surface area contributed by atoms with Crippen LogP contribution in [0.25, 0.3) is 0 Å². The van der Waals surface area contributed by atoms with Crippen molar-refractivity contribution in [2.75, 3.05) is 6.54 Å². The van der Waals surface area contributed by atoms with E-state index in [9.17, 15) is 4.79 Å². The van der Waals surface area contributed by atoms with Crippen molar-refractivity contribution in [2.45, 2.75) is 45.8 Å². The summed E-state index contributed by atoms with van der Waals surface area (Å²) in [7, 11) is 0. The van der Waals surface area contributed by atoms with Gasteiger partial charge in [0.05, 0.1) is 24.3 Å². The van der Waals surface area contributed by atoms with E-state index in [2.05, 4.69) is 39.1 Å². The number of carbonyl (C=O) groups excluding carboxylic acids is 1. The summed E-state index contributed by atoms with van der Waals surface area (Å²) in [5.74, 6) is 1.45. The lowest BCUT2D eigenvalue weighted by Gasteiger charge is -2.26. The fourth-order valence-electron chi connectivity index (χ4n) is 3.42. The molecule has 0 fully saturated rings. The highest BCUT2D eigenvalue weighted by Gasteiger charge is 2.34. The molecule has 2 aliphatic rings. The van der Waals surface area contributed by atoms with Crippen LogP contribution in [0.5, 0.6) is 0 Å². The van der Waals surface area contributed by atoms with Crippen molar-refractivity contribution in [3.63, 3.8) is 0 Å². The third-order valence-corrected chi connectivity index (χ3v) is 4.60. The molecule has 0 unspecified atom stereocenters. The van der Waals surface area contributed by atoms with Crippen LogP contribution in [0, 0.1) is 5.92 Å². The Morgan fingerprint density at radius 1 is 1.38 bits per heavy atom. The summed E-state index contributed by atoms with van der Waals surface area (Å²) in [4.78, 5) is 31.4. The lowest BCUT2D eigenvalue weighted by molar-refractivity contribution is -0.134. The second kappa shape index (κ2) is 5.98. The zero-order valence-corrected chi connectivity index (χ0v) is 14.0. The molecule has 7 heteroatoms. The first-order valence-corrected chi connectivity index (χ1v) is 8.50. The van der Waals surface area contributed by atoms with Gasteiger partial charge in [0, 0.05) is 43.4 Å². The van der Waals surface area contributed by atoms with Gasteiger partial charge in [0.1, 0.15) is 11.9 Å². The van der Waals surface area contributed by atoms with Crippen LogP contribution in [0.3, 0.4) is 0 Å². The first-order chi connectivity index (χ1) is 11.6. The Bertz CT molecular complexity index is 768. The minimum absolute atomic E-state index is 0.0615. The fraction of sp³-hybridized carbons (Fsp3) is 0.529. The molecule has 1 atom stereocenters. The largest absolute Gasteiger partial charge is 0.348 e. The molecule has 0 bridgehead atoms. The van der Waals surface area contributed by atoms with Crippen LogP contribution in [0.4, 0.5) is 0 Å². The molecule has 0 saturated carbocycles. The number of nitrogens with zero attached hydrogens (tertiary/aromatic N) is 4. The van der Waals surface area contributed by atoms with E-state index in [-0.39, 0.29) is 11.9 Å². The Labute approximate surface area is 140 Å². The van der Waals surface area contributed by atoms with Gasteiger partial charge >= 0.3 is 0 Å². The summed E-state index contributed by atoms with van der Waals surface area (Å²) in [6, 6.07) is -0.364. The predicted molar refractivity (Wildman–Crippen MR) is 87.9 cm³/mol. The van der Waals surface area contributed by atoms with E-state index in [4.69, 9.17) is 0 Å². The minimum Gasteiger partial charge on any atom is -0.348 e. The Kier molecular flexibility index (Phi) is 3.80. The number of aromatic nitrogens is 4. The van der Waals surface area contributed by atoms with Gasteiger partial charge in [0.25, 0.3) is 0 Å². The number of nitrogens with one attached hydrogen (secondary N) is 2. The first kappa shape index (κ1) is 15.3. The topological polar surface area (TPSA) is 86.8 Å². The van der Waals surface area contributed by atoms with Crippen LogP contribution in [0.1, 0.15) is 48.4 Å². The predicted octanol–water partition coefficient (Wildman–Crippen LogP) is 1.13. The van der Waals surface area contributed by atoms with Crippen molar-refractivity contribution in [2.24, 2.45) is 5.92 Å². The van der Waals surface area contributed by atoms with E-state index in [0.717, 1.165) is 47.9 Å². The van der Waals surface area contributed by atoms with Crippen molar-refractivity contribution in [1.82, 2.24) is 30.2 Å². The molecule has 0 aliphatic carbocycles. The zero-order valence-electron chi connectivity index (χ0n) is 14.0. The van der Waals surface area contributed by atoms with E-state index in [1.165, 1.54) is 0 Å². The third kappa shape index (κ3) is 2.69. The number of H-pyrrole nitrogens is 1. The number of hydrogen-bond acceptors (Lipinski definition) is 5. The monoisotopic (exact) mass is 326 g/mol. The normalized spacial score (nSPS) is 19.5. The first-order valence-electron chi connectivity index (χ1n) is 8.50. The summed E-state index contributed by atoms with van der Waals surface area (Å²) in [6.07, 6.45) is 5.29. The molecule has 7 nitrogen and oxygen atoms in total. The Balaban J connectivity index is 1.52. The molecule has 2 aliphatic heterocycles. The molecule has 2 N–H and O–H groups in total. The molecule has 126 valence electrons. The van der Waals surface area contributed by atoms with Crippen molar-refractivity contribution >= 4 is 5.91 Å². The van der Waals surface area contributed by atoms with Crippen molar-refractivity contribution in [3.8, 4) is 0 Å². The molecule has 2 aromatic rings. The van der Waals surface area contributed by atoms with Gasteiger partial charge < -0.3 is 15.2 Å². The number of hydrogen-bond donors (Lipinski definition) is 2. The summed E-state index contributed by atoms with van der Waals surface area (Å²) in [5, 5.41) is 3.29.